The molecule has 1 aliphatic heterocycles. The van der Waals surface area contributed by atoms with Crippen LogP contribution in [0, 0.1) is 6.92 Å². The number of hydrogen-bond donors (Lipinski definition) is 1. The van der Waals surface area contributed by atoms with E-state index in [1.807, 2.05) is 13.0 Å². The Morgan fingerprint density at radius 3 is 3.07 bits per heavy atom. The summed E-state index contributed by atoms with van der Waals surface area (Å²) in [6, 6.07) is 1.92. The Balaban J connectivity index is 2.51. The number of nitrogens with two attached hydrogens (primary N) is 1. The molecule has 5 heteroatoms. The molecule has 0 bridgehead atoms. The molecule has 0 aliphatic carbocycles. The minimum absolute atomic E-state index is 0.264. The molecule has 2 rings (SSSR count). The molecule has 76 valence electrons. The molecule has 14 heavy (non-hydrogen) atoms. The van der Waals surface area contributed by atoms with Crippen LogP contribution in [0.15, 0.2) is 10.5 Å². The fourth-order valence-corrected chi connectivity index (χ4v) is 2.16. The van der Waals surface area contributed by atoms with E-state index in [4.69, 9.17) is 15.4 Å². The van der Waals surface area contributed by atoms with Crippen LogP contribution in [0.2, 0.25) is 0 Å². The van der Waals surface area contributed by atoms with E-state index in [0.717, 1.165) is 27.1 Å². The summed E-state index contributed by atoms with van der Waals surface area (Å²) >= 11 is 3.44. The molecule has 0 spiro atoms. The quantitative estimate of drug-likeness (QED) is 0.825. The highest BCUT2D eigenvalue weighted by atomic mass is 79.9. The van der Waals surface area contributed by atoms with Gasteiger partial charge in [-0.05, 0) is 34.5 Å². The highest BCUT2D eigenvalue weighted by molar-refractivity contribution is 9.10. The maximum Gasteiger partial charge on any atom is 0.231 e. The second-order valence-electron chi connectivity index (χ2n) is 3.03. The van der Waals surface area contributed by atoms with E-state index < -0.39 is 0 Å². The molecule has 0 unspecified atom stereocenters. The largest absolute Gasteiger partial charge is 0.454 e. The lowest BCUT2D eigenvalue weighted by molar-refractivity contribution is 0.123. The van der Waals surface area contributed by atoms with Crippen molar-refractivity contribution in [2.75, 3.05) is 6.79 Å². The summed E-state index contributed by atoms with van der Waals surface area (Å²) in [6.45, 7) is 2.59. The van der Waals surface area contributed by atoms with Crippen molar-refractivity contribution in [1.29, 1.82) is 0 Å². The number of hydrogen-bond acceptors (Lipinski definition) is 4. The number of fused-ring (bicyclic) bond motifs is 1. The van der Waals surface area contributed by atoms with Crippen LogP contribution in [0.3, 0.4) is 0 Å². The molecule has 1 heterocycles. The normalized spacial score (nSPS) is 13.4. The summed E-state index contributed by atoms with van der Waals surface area (Å²) in [5, 5.41) is 0. The van der Waals surface area contributed by atoms with Crippen LogP contribution in [-0.4, -0.2) is 6.79 Å². The van der Waals surface area contributed by atoms with E-state index in [-0.39, 0.29) is 6.79 Å². The van der Waals surface area contributed by atoms with Gasteiger partial charge in [0.05, 0.1) is 11.1 Å². The molecule has 0 aromatic heterocycles. The van der Waals surface area contributed by atoms with Crippen molar-refractivity contribution in [3.05, 3.63) is 21.7 Å². The zero-order chi connectivity index (χ0) is 10.1. The first-order valence-electron chi connectivity index (χ1n) is 4.13. The van der Waals surface area contributed by atoms with Crippen molar-refractivity contribution in [3.63, 3.8) is 0 Å². The molecule has 0 saturated heterocycles. The van der Waals surface area contributed by atoms with Gasteiger partial charge in [-0.1, -0.05) is 0 Å². The lowest BCUT2D eigenvalue weighted by Crippen LogP contribution is -2.02. The SMILES string of the molecule is Cc1cc2c(c(Br)c1CON)OCO2. The lowest BCUT2D eigenvalue weighted by atomic mass is 10.1. The van der Waals surface area contributed by atoms with E-state index in [9.17, 15) is 0 Å². The fourth-order valence-electron chi connectivity index (χ4n) is 1.42. The molecular weight excluding hydrogens is 250 g/mol. The summed E-state index contributed by atoms with van der Waals surface area (Å²) in [5.74, 6) is 6.53. The Bertz CT molecular complexity index is 368. The first-order valence-corrected chi connectivity index (χ1v) is 4.92. The minimum Gasteiger partial charge on any atom is -0.454 e. The fraction of sp³-hybridized carbons (Fsp3) is 0.333. The van der Waals surface area contributed by atoms with Crippen LogP contribution in [0.4, 0.5) is 0 Å². The van der Waals surface area contributed by atoms with Gasteiger partial charge in [0.25, 0.3) is 0 Å². The van der Waals surface area contributed by atoms with Gasteiger partial charge in [-0.3, -0.25) is 4.84 Å². The van der Waals surface area contributed by atoms with Crippen LogP contribution in [0.1, 0.15) is 11.1 Å². The van der Waals surface area contributed by atoms with Crippen molar-refractivity contribution in [1.82, 2.24) is 0 Å². The molecule has 0 amide bonds. The number of rotatable bonds is 2. The van der Waals surface area contributed by atoms with Gasteiger partial charge in [0.15, 0.2) is 11.5 Å². The van der Waals surface area contributed by atoms with Crippen LogP contribution in [-0.2, 0) is 11.4 Å². The smallest absolute Gasteiger partial charge is 0.231 e. The van der Waals surface area contributed by atoms with Crippen LogP contribution in [0.25, 0.3) is 0 Å². The Hall–Kier alpha value is -0.780. The van der Waals surface area contributed by atoms with Gasteiger partial charge in [-0.2, -0.15) is 0 Å². The second kappa shape index (κ2) is 3.76. The topological polar surface area (TPSA) is 53.7 Å². The van der Waals surface area contributed by atoms with Crippen LogP contribution >= 0.6 is 15.9 Å². The number of ether oxygens (including phenoxy) is 2. The molecule has 0 radical (unpaired) electrons. The van der Waals surface area contributed by atoms with E-state index in [2.05, 4.69) is 20.8 Å². The minimum atomic E-state index is 0.264. The van der Waals surface area contributed by atoms with Crippen molar-refractivity contribution in [2.24, 2.45) is 5.90 Å². The van der Waals surface area contributed by atoms with Gasteiger partial charge >= 0.3 is 0 Å². The summed E-state index contributed by atoms with van der Waals surface area (Å²) < 4.78 is 11.4. The van der Waals surface area contributed by atoms with Crippen molar-refractivity contribution in [2.45, 2.75) is 13.5 Å². The molecular formula is C9H10BrNO3. The third kappa shape index (κ3) is 1.47. The predicted octanol–water partition coefficient (Wildman–Crippen LogP) is 1.88. The van der Waals surface area contributed by atoms with Gasteiger partial charge in [0.1, 0.15) is 0 Å². The monoisotopic (exact) mass is 259 g/mol. The summed E-state index contributed by atoms with van der Waals surface area (Å²) in [4.78, 5) is 4.62. The first-order chi connectivity index (χ1) is 6.74. The first kappa shape index (κ1) is 9.76. The van der Waals surface area contributed by atoms with E-state index in [0.29, 0.717) is 6.61 Å². The molecule has 1 aromatic carbocycles. The van der Waals surface area contributed by atoms with Gasteiger partial charge < -0.3 is 9.47 Å². The summed E-state index contributed by atoms with van der Waals surface area (Å²) in [5.41, 5.74) is 2.04. The molecule has 0 saturated carbocycles. The number of aryl methyl sites for hydroxylation is 1. The Labute approximate surface area is 90.0 Å². The van der Waals surface area contributed by atoms with Gasteiger partial charge in [-0.15, -0.1) is 0 Å². The van der Waals surface area contributed by atoms with E-state index in [1.165, 1.54) is 0 Å². The highest BCUT2D eigenvalue weighted by Gasteiger charge is 2.21. The van der Waals surface area contributed by atoms with Crippen molar-refractivity contribution < 1.29 is 14.3 Å². The lowest BCUT2D eigenvalue weighted by Gasteiger charge is -2.09. The third-order valence-corrected chi connectivity index (χ3v) is 3.00. The van der Waals surface area contributed by atoms with Gasteiger partial charge in [-0.25, -0.2) is 5.90 Å². The molecule has 0 atom stereocenters. The average molecular weight is 260 g/mol. The van der Waals surface area contributed by atoms with Crippen LogP contribution in [0.5, 0.6) is 11.5 Å². The molecule has 1 aromatic rings. The number of benzene rings is 1. The van der Waals surface area contributed by atoms with E-state index in [1.54, 1.807) is 0 Å². The Kier molecular flexibility index (Phi) is 2.62. The van der Waals surface area contributed by atoms with Crippen molar-refractivity contribution in [3.8, 4) is 11.5 Å². The zero-order valence-electron chi connectivity index (χ0n) is 7.67. The Morgan fingerprint density at radius 1 is 1.57 bits per heavy atom. The maximum absolute atomic E-state index is 5.31. The Morgan fingerprint density at radius 2 is 2.36 bits per heavy atom. The van der Waals surface area contributed by atoms with Gasteiger partial charge in [0.2, 0.25) is 6.79 Å². The third-order valence-electron chi connectivity index (χ3n) is 2.16. The standard InChI is InChI=1S/C9H10BrNO3/c1-5-2-7-9(13-4-12-7)8(10)6(5)3-14-11/h2H,3-4,11H2,1H3. The van der Waals surface area contributed by atoms with Crippen molar-refractivity contribution >= 4 is 15.9 Å². The van der Waals surface area contributed by atoms with E-state index >= 15 is 0 Å². The molecule has 2 N–H and O–H groups in total. The van der Waals surface area contributed by atoms with Crippen LogP contribution < -0.4 is 15.4 Å². The summed E-state index contributed by atoms with van der Waals surface area (Å²) in [7, 11) is 0. The molecule has 1 aliphatic rings. The number of halogens is 1. The zero-order valence-corrected chi connectivity index (χ0v) is 9.26. The highest BCUT2D eigenvalue weighted by Crippen LogP contribution is 2.42. The predicted molar refractivity (Wildman–Crippen MR) is 54.0 cm³/mol. The maximum atomic E-state index is 5.31. The second-order valence-corrected chi connectivity index (χ2v) is 3.82. The molecule has 4 nitrogen and oxygen atoms in total. The van der Waals surface area contributed by atoms with Gasteiger partial charge in [0, 0.05) is 5.56 Å². The molecule has 0 fully saturated rings. The summed E-state index contributed by atoms with van der Waals surface area (Å²) in [6.07, 6.45) is 0. The average Bonchev–Trinajstić information content (AvgIpc) is 2.60.